The van der Waals surface area contributed by atoms with Gasteiger partial charge in [0.1, 0.15) is 5.54 Å². The Morgan fingerprint density at radius 1 is 1.53 bits per heavy atom. The summed E-state index contributed by atoms with van der Waals surface area (Å²) in [4.78, 5) is 25.5. The van der Waals surface area contributed by atoms with Crippen LogP contribution in [-0.2, 0) is 9.59 Å². The van der Waals surface area contributed by atoms with Crippen LogP contribution in [0.3, 0.4) is 0 Å². The number of carbonyl (C=O) groups is 2. The fourth-order valence-corrected chi connectivity index (χ4v) is 2.21. The zero-order valence-electron chi connectivity index (χ0n) is 11.1. The SMILES string of the molecule is CCC1(C)NC(=O)CN(CCC(C)SC)C1=O. The van der Waals surface area contributed by atoms with Crippen LogP contribution < -0.4 is 5.32 Å². The molecular weight excluding hydrogens is 236 g/mol. The number of hydrogen-bond donors (Lipinski definition) is 1. The van der Waals surface area contributed by atoms with Crippen molar-refractivity contribution < 1.29 is 9.59 Å². The Kier molecular flexibility index (Phi) is 4.86. The molecule has 1 aliphatic rings. The lowest BCUT2D eigenvalue weighted by Gasteiger charge is -2.39. The van der Waals surface area contributed by atoms with Gasteiger partial charge in [-0.2, -0.15) is 11.8 Å². The van der Waals surface area contributed by atoms with Gasteiger partial charge in [-0.25, -0.2) is 0 Å². The van der Waals surface area contributed by atoms with Gasteiger partial charge in [0, 0.05) is 11.8 Å². The average Bonchev–Trinajstić information content (AvgIpc) is 2.31. The summed E-state index contributed by atoms with van der Waals surface area (Å²) in [7, 11) is 0. The Balaban J connectivity index is 2.65. The second kappa shape index (κ2) is 5.76. The van der Waals surface area contributed by atoms with E-state index < -0.39 is 5.54 Å². The number of piperazine rings is 1. The van der Waals surface area contributed by atoms with Crippen molar-refractivity contribution in [3.63, 3.8) is 0 Å². The maximum atomic E-state index is 12.2. The third-order valence-corrected chi connectivity index (χ3v) is 4.46. The van der Waals surface area contributed by atoms with E-state index in [2.05, 4.69) is 18.5 Å². The van der Waals surface area contributed by atoms with Gasteiger partial charge >= 0.3 is 0 Å². The minimum atomic E-state index is -0.710. The molecule has 0 aliphatic carbocycles. The molecule has 98 valence electrons. The minimum absolute atomic E-state index is 0.0490. The zero-order valence-corrected chi connectivity index (χ0v) is 11.9. The highest BCUT2D eigenvalue weighted by molar-refractivity contribution is 7.99. The Hall–Kier alpha value is -0.710. The van der Waals surface area contributed by atoms with Crippen molar-refractivity contribution >= 4 is 23.6 Å². The van der Waals surface area contributed by atoms with Gasteiger partial charge in [-0.3, -0.25) is 9.59 Å². The van der Waals surface area contributed by atoms with Crippen LogP contribution in [0.4, 0.5) is 0 Å². The number of nitrogens with zero attached hydrogens (tertiary/aromatic N) is 1. The highest BCUT2D eigenvalue weighted by atomic mass is 32.2. The molecule has 1 saturated heterocycles. The lowest BCUT2D eigenvalue weighted by Crippen LogP contribution is -2.65. The van der Waals surface area contributed by atoms with E-state index in [9.17, 15) is 9.59 Å². The zero-order chi connectivity index (χ0) is 13.1. The summed E-state index contributed by atoms with van der Waals surface area (Å²) in [5, 5.41) is 3.30. The predicted octanol–water partition coefficient (Wildman–Crippen LogP) is 1.26. The Morgan fingerprint density at radius 2 is 2.18 bits per heavy atom. The number of thioether (sulfide) groups is 1. The summed E-state index contributed by atoms with van der Waals surface area (Å²) in [5.41, 5.74) is -0.710. The molecule has 0 radical (unpaired) electrons. The lowest BCUT2D eigenvalue weighted by atomic mass is 9.94. The fraction of sp³-hybridized carbons (Fsp3) is 0.833. The van der Waals surface area contributed by atoms with Crippen LogP contribution in [0.25, 0.3) is 0 Å². The van der Waals surface area contributed by atoms with Crippen molar-refractivity contribution in [1.82, 2.24) is 10.2 Å². The molecule has 1 rings (SSSR count). The molecule has 0 spiro atoms. The van der Waals surface area contributed by atoms with Crippen molar-refractivity contribution in [3.05, 3.63) is 0 Å². The summed E-state index contributed by atoms with van der Waals surface area (Å²) in [6.45, 7) is 6.74. The molecule has 2 atom stereocenters. The van der Waals surface area contributed by atoms with Gasteiger partial charge < -0.3 is 10.2 Å². The number of carbonyl (C=O) groups excluding carboxylic acids is 2. The van der Waals surface area contributed by atoms with Gasteiger partial charge in [0.2, 0.25) is 11.8 Å². The van der Waals surface area contributed by atoms with Crippen LogP contribution >= 0.6 is 11.8 Å². The molecule has 0 bridgehead atoms. The molecule has 1 aliphatic heterocycles. The smallest absolute Gasteiger partial charge is 0.248 e. The second-order valence-electron chi connectivity index (χ2n) is 4.80. The van der Waals surface area contributed by atoms with Crippen molar-refractivity contribution in [2.45, 2.75) is 44.4 Å². The van der Waals surface area contributed by atoms with E-state index >= 15 is 0 Å². The topological polar surface area (TPSA) is 49.4 Å². The molecule has 2 unspecified atom stereocenters. The summed E-state index contributed by atoms with van der Waals surface area (Å²) >= 11 is 1.78. The molecule has 4 nitrogen and oxygen atoms in total. The molecule has 1 fully saturated rings. The molecule has 0 aromatic rings. The normalized spacial score (nSPS) is 26.9. The fourth-order valence-electron chi connectivity index (χ4n) is 1.87. The largest absolute Gasteiger partial charge is 0.340 e. The Labute approximate surface area is 108 Å². The molecule has 1 heterocycles. The van der Waals surface area contributed by atoms with E-state index in [0.29, 0.717) is 18.2 Å². The third kappa shape index (κ3) is 3.37. The quantitative estimate of drug-likeness (QED) is 0.807. The predicted molar refractivity (Wildman–Crippen MR) is 71.0 cm³/mol. The van der Waals surface area contributed by atoms with Crippen LogP contribution in [0.5, 0.6) is 0 Å². The summed E-state index contributed by atoms with van der Waals surface area (Å²) < 4.78 is 0. The highest BCUT2D eigenvalue weighted by Crippen LogP contribution is 2.19. The molecule has 1 N–H and O–H groups in total. The van der Waals surface area contributed by atoms with Crippen molar-refractivity contribution in [3.8, 4) is 0 Å². The van der Waals surface area contributed by atoms with Gasteiger partial charge in [-0.1, -0.05) is 13.8 Å². The second-order valence-corrected chi connectivity index (χ2v) is 6.07. The van der Waals surface area contributed by atoms with E-state index in [-0.39, 0.29) is 18.4 Å². The number of amides is 2. The first-order chi connectivity index (χ1) is 7.92. The van der Waals surface area contributed by atoms with Crippen molar-refractivity contribution in [2.75, 3.05) is 19.3 Å². The van der Waals surface area contributed by atoms with Gasteiger partial charge in [-0.15, -0.1) is 0 Å². The summed E-state index contributed by atoms with van der Waals surface area (Å²) in [6, 6.07) is 0. The van der Waals surface area contributed by atoms with E-state index in [4.69, 9.17) is 0 Å². The Morgan fingerprint density at radius 3 is 2.71 bits per heavy atom. The maximum absolute atomic E-state index is 12.2. The maximum Gasteiger partial charge on any atom is 0.248 e. The Bertz CT molecular complexity index is 309. The molecule has 17 heavy (non-hydrogen) atoms. The van der Waals surface area contributed by atoms with E-state index in [0.717, 1.165) is 6.42 Å². The molecule has 0 aromatic carbocycles. The molecular formula is C12H22N2O2S. The number of hydrogen-bond acceptors (Lipinski definition) is 3. The van der Waals surface area contributed by atoms with Crippen LogP contribution in [0.1, 0.15) is 33.6 Å². The highest BCUT2D eigenvalue weighted by Gasteiger charge is 2.41. The minimum Gasteiger partial charge on any atom is -0.340 e. The first-order valence-electron chi connectivity index (χ1n) is 6.06. The first kappa shape index (κ1) is 14.4. The lowest BCUT2D eigenvalue weighted by molar-refractivity contribution is -0.149. The summed E-state index contributed by atoms with van der Waals surface area (Å²) in [5.74, 6) is -0.00124. The first-order valence-corrected chi connectivity index (χ1v) is 7.35. The van der Waals surface area contributed by atoms with Gasteiger partial charge in [0.25, 0.3) is 0 Å². The van der Waals surface area contributed by atoms with E-state index in [1.54, 1.807) is 23.6 Å². The van der Waals surface area contributed by atoms with Crippen LogP contribution in [0.15, 0.2) is 0 Å². The van der Waals surface area contributed by atoms with Gasteiger partial charge in [0.15, 0.2) is 0 Å². The van der Waals surface area contributed by atoms with E-state index in [1.807, 2.05) is 6.92 Å². The van der Waals surface area contributed by atoms with E-state index in [1.165, 1.54) is 0 Å². The van der Waals surface area contributed by atoms with Gasteiger partial charge in [0.05, 0.1) is 6.54 Å². The van der Waals surface area contributed by atoms with Crippen LogP contribution in [0, 0.1) is 0 Å². The summed E-state index contributed by atoms with van der Waals surface area (Å²) in [6.07, 6.45) is 3.62. The average molecular weight is 258 g/mol. The molecule has 0 saturated carbocycles. The molecule has 0 aromatic heterocycles. The number of nitrogens with one attached hydrogen (secondary N) is 1. The molecule has 2 amide bonds. The van der Waals surface area contributed by atoms with Crippen LogP contribution in [-0.4, -0.2) is 46.8 Å². The third-order valence-electron chi connectivity index (χ3n) is 3.42. The number of rotatable bonds is 5. The van der Waals surface area contributed by atoms with Gasteiger partial charge in [-0.05, 0) is 26.0 Å². The standard InChI is InChI=1S/C12H22N2O2S/c1-5-12(3)11(16)14(8-10(15)13-12)7-6-9(2)17-4/h9H,5-8H2,1-4H3,(H,13,15). The van der Waals surface area contributed by atoms with Crippen molar-refractivity contribution in [1.29, 1.82) is 0 Å². The molecule has 5 heteroatoms. The monoisotopic (exact) mass is 258 g/mol. The van der Waals surface area contributed by atoms with Crippen molar-refractivity contribution in [2.24, 2.45) is 0 Å². The van der Waals surface area contributed by atoms with Crippen LogP contribution in [0.2, 0.25) is 0 Å².